The number of thiazole rings is 1. The van der Waals surface area contributed by atoms with Gasteiger partial charge in [-0.2, -0.15) is 8.42 Å². The third kappa shape index (κ3) is 6.22. The molecule has 0 spiro atoms. The Kier molecular flexibility index (Phi) is 8.89. The number of fused-ring (bicyclic) bond motifs is 5. The summed E-state index contributed by atoms with van der Waals surface area (Å²) in [7, 11) is 0.0455. The fourth-order valence-corrected chi connectivity index (χ4v) is 7.39. The number of ether oxygens (including phenoxy) is 1. The van der Waals surface area contributed by atoms with E-state index in [1.807, 2.05) is 23.9 Å². The molecular weight excluding hydrogens is 711 g/mol. The molecule has 0 radical (unpaired) electrons. The van der Waals surface area contributed by atoms with E-state index in [9.17, 15) is 22.4 Å². The molecule has 49 heavy (non-hydrogen) atoms. The Morgan fingerprint density at radius 1 is 1.16 bits per heavy atom. The molecule has 3 aliphatic rings. The monoisotopic (exact) mass is 739 g/mol. The molecular formula is C30H29ClF3N7O6S2. The van der Waals surface area contributed by atoms with Gasteiger partial charge in [-0.3, -0.25) is 14.1 Å². The highest BCUT2D eigenvalue weighted by Gasteiger charge is 2.48. The normalized spacial score (nSPS) is 18.6. The molecule has 0 unspecified atom stereocenters. The molecule has 3 N–H and O–H groups in total. The van der Waals surface area contributed by atoms with Gasteiger partial charge in [0.25, 0.3) is 16.0 Å². The fourth-order valence-electron chi connectivity index (χ4n) is 6.36. The highest BCUT2D eigenvalue weighted by Crippen LogP contribution is 2.52. The lowest BCUT2D eigenvalue weighted by atomic mass is 9.96. The highest BCUT2D eigenvalue weighted by molar-refractivity contribution is 7.85. The van der Waals surface area contributed by atoms with Crippen LogP contribution in [-0.2, 0) is 19.7 Å². The topological polar surface area (TPSA) is 162 Å². The predicted molar refractivity (Wildman–Crippen MR) is 180 cm³/mol. The van der Waals surface area contributed by atoms with Crippen molar-refractivity contribution >= 4 is 82.5 Å². The number of nitrogens with zero attached hydrogens (tertiary/aromatic N) is 6. The molecule has 1 saturated heterocycles. The summed E-state index contributed by atoms with van der Waals surface area (Å²) in [5.41, 5.74) is 5.62. The highest BCUT2D eigenvalue weighted by atomic mass is 35.5. The van der Waals surface area contributed by atoms with Crippen LogP contribution in [0.3, 0.4) is 0 Å². The van der Waals surface area contributed by atoms with Crippen molar-refractivity contribution in [2.45, 2.75) is 12.1 Å². The summed E-state index contributed by atoms with van der Waals surface area (Å²) in [5, 5.41) is 0.0752. The van der Waals surface area contributed by atoms with Crippen molar-refractivity contribution in [3.63, 3.8) is 0 Å². The Hall–Kier alpha value is -4.23. The van der Waals surface area contributed by atoms with Crippen molar-refractivity contribution < 1.29 is 40.5 Å². The van der Waals surface area contributed by atoms with Gasteiger partial charge in [0.1, 0.15) is 35.0 Å². The molecule has 3 aliphatic heterocycles. The van der Waals surface area contributed by atoms with E-state index in [1.165, 1.54) is 12.1 Å². The SMILES string of the molecule is C=CC(=O)N1CCN2c3c4c(nc5c(F)c(-c6c(F)cc(F)c7sc(N)nc67)c(Cl)cc35)O[C@H](CN(C)C)CN4C(=O)[C@H]2C1.CS(=O)(=O)O. The van der Waals surface area contributed by atoms with E-state index in [1.54, 1.807) is 9.80 Å². The smallest absolute Gasteiger partial charge is 0.261 e. The van der Waals surface area contributed by atoms with Crippen LogP contribution in [0.25, 0.3) is 32.2 Å². The maximum absolute atomic E-state index is 16.8. The summed E-state index contributed by atoms with van der Waals surface area (Å²) in [5.74, 6) is -3.42. The first-order valence-electron chi connectivity index (χ1n) is 14.6. The second-order valence-corrected chi connectivity index (χ2v) is 14.8. The number of halogens is 4. The number of benzene rings is 2. The number of piperazine rings is 1. The summed E-state index contributed by atoms with van der Waals surface area (Å²) in [4.78, 5) is 41.9. The Bertz CT molecular complexity index is 2180. The van der Waals surface area contributed by atoms with Gasteiger partial charge in [0.2, 0.25) is 11.8 Å². The third-order valence-electron chi connectivity index (χ3n) is 8.14. The summed E-state index contributed by atoms with van der Waals surface area (Å²) in [6.07, 6.45) is 1.42. The predicted octanol–water partition coefficient (Wildman–Crippen LogP) is 3.54. The Balaban J connectivity index is 0.000000778. The van der Waals surface area contributed by atoms with E-state index in [2.05, 4.69) is 16.5 Å². The molecule has 0 aliphatic carbocycles. The largest absolute Gasteiger partial charge is 0.470 e. The van der Waals surface area contributed by atoms with E-state index in [4.69, 9.17) is 26.6 Å². The molecule has 2 aromatic heterocycles. The molecule has 19 heteroatoms. The maximum Gasteiger partial charge on any atom is 0.261 e. The van der Waals surface area contributed by atoms with Crippen LogP contribution in [0.5, 0.6) is 5.88 Å². The number of nitrogen functional groups attached to an aromatic ring is 1. The zero-order chi connectivity index (χ0) is 35.7. The second-order valence-electron chi connectivity index (χ2n) is 11.9. The van der Waals surface area contributed by atoms with Gasteiger partial charge < -0.3 is 30.1 Å². The Morgan fingerprint density at radius 3 is 2.51 bits per heavy atom. The van der Waals surface area contributed by atoms with Gasteiger partial charge in [0, 0.05) is 42.2 Å². The van der Waals surface area contributed by atoms with Gasteiger partial charge in [0.15, 0.2) is 10.9 Å². The minimum Gasteiger partial charge on any atom is -0.470 e. The molecule has 13 nitrogen and oxygen atoms in total. The van der Waals surface area contributed by atoms with E-state index < -0.39 is 39.7 Å². The van der Waals surface area contributed by atoms with Crippen LogP contribution in [0, 0.1) is 17.5 Å². The van der Waals surface area contributed by atoms with Crippen LogP contribution in [0.4, 0.5) is 29.7 Å². The minimum absolute atomic E-state index is 0.0232. The van der Waals surface area contributed by atoms with Crippen molar-refractivity contribution in [1.82, 2.24) is 19.8 Å². The van der Waals surface area contributed by atoms with E-state index in [0.29, 0.717) is 30.2 Å². The average Bonchev–Trinajstić information content (AvgIpc) is 3.40. The van der Waals surface area contributed by atoms with Crippen molar-refractivity contribution in [2.24, 2.45) is 0 Å². The zero-order valence-corrected chi connectivity index (χ0v) is 28.6. The molecule has 5 heterocycles. The molecule has 260 valence electrons. The van der Waals surface area contributed by atoms with Crippen LogP contribution in [0.15, 0.2) is 24.8 Å². The summed E-state index contributed by atoms with van der Waals surface area (Å²) < 4.78 is 78.8. The fraction of sp³-hybridized carbons (Fsp3) is 0.333. The lowest BCUT2D eigenvalue weighted by molar-refractivity contribution is -0.128. The van der Waals surface area contributed by atoms with E-state index in [0.717, 1.165) is 11.3 Å². The van der Waals surface area contributed by atoms with Crippen LogP contribution >= 0.6 is 22.9 Å². The molecule has 7 rings (SSSR count). The number of hydrogen-bond donors (Lipinski definition) is 2. The average molecular weight is 740 g/mol. The first kappa shape index (κ1) is 34.6. The number of likely N-dealkylation sites (N-methyl/N-ethyl adjacent to an activating group) is 1. The van der Waals surface area contributed by atoms with Gasteiger partial charge in [-0.15, -0.1) is 0 Å². The van der Waals surface area contributed by atoms with Gasteiger partial charge in [-0.25, -0.2) is 23.1 Å². The number of anilines is 3. The first-order chi connectivity index (χ1) is 23.0. The zero-order valence-electron chi connectivity index (χ0n) is 26.2. The van der Waals surface area contributed by atoms with Gasteiger partial charge in [-0.05, 0) is 26.2 Å². The van der Waals surface area contributed by atoms with Crippen LogP contribution in [0.1, 0.15) is 0 Å². The summed E-state index contributed by atoms with van der Waals surface area (Å²) in [6.45, 7) is 4.85. The minimum atomic E-state index is -3.67. The standard InChI is InChI=1S/C29H25ClF3N7O3S.CH4O3S/c1-4-18(41)38-5-6-39-17(11-38)28(42)40-10-12(9-37(2)3)43-27-25(40)24(39)13-7-14(30)19(21(33)22(13)35-27)20-15(31)8-16(32)26-23(20)36-29(34)44-26;1-5(2,3)4/h4,7-8,12,17H,1,5-6,9-11H2,2-3H3,(H2,34,36);1H3,(H,2,3,4)/t12-,17-;/m1./s1. The van der Waals surface area contributed by atoms with Gasteiger partial charge >= 0.3 is 0 Å². The molecule has 2 amide bonds. The molecule has 1 fully saturated rings. The summed E-state index contributed by atoms with van der Waals surface area (Å²) in [6, 6.07) is 1.33. The number of pyridine rings is 1. The Labute approximate surface area is 287 Å². The third-order valence-corrected chi connectivity index (χ3v) is 9.33. The number of rotatable bonds is 4. The number of carbonyl (C=O) groups is 2. The Morgan fingerprint density at radius 2 is 1.86 bits per heavy atom. The number of aromatic nitrogens is 2. The van der Waals surface area contributed by atoms with E-state index in [-0.39, 0.29) is 86.3 Å². The number of amides is 2. The lowest BCUT2D eigenvalue weighted by Crippen LogP contribution is -2.65. The quantitative estimate of drug-likeness (QED) is 0.233. The molecule has 2 atom stereocenters. The van der Waals surface area contributed by atoms with Crippen molar-refractivity contribution in [1.29, 1.82) is 0 Å². The number of carbonyl (C=O) groups excluding carboxylic acids is 2. The molecule has 0 bridgehead atoms. The molecule has 4 aromatic rings. The molecule has 0 saturated carbocycles. The van der Waals surface area contributed by atoms with Crippen molar-refractivity contribution in [3.8, 4) is 17.0 Å². The van der Waals surface area contributed by atoms with E-state index >= 15 is 8.78 Å². The summed E-state index contributed by atoms with van der Waals surface area (Å²) >= 11 is 7.52. The van der Waals surface area contributed by atoms with Crippen LogP contribution in [-0.4, -0.2) is 110 Å². The lowest BCUT2D eigenvalue weighted by Gasteiger charge is -2.50. The van der Waals surface area contributed by atoms with Crippen LogP contribution < -0.4 is 20.3 Å². The first-order valence-corrected chi connectivity index (χ1v) is 17.7. The maximum atomic E-state index is 16.8. The van der Waals surface area contributed by atoms with Crippen molar-refractivity contribution in [2.75, 3.05) is 68.6 Å². The van der Waals surface area contributed by atoms with Gasteiger partial charge in [-0.1, -0.05) is 29.5 Å². The van der Waals surface area contributed by atoms with Crippen molar-refractivity contribution in [3.05, 3.63) is 47.3 Å². The number of nitrogens with two attached hydrogens (primary N) is 1. The second kappa shape index (κ2) is 12.6. The van der Waals surface area contributed by atoms with Crippen LogP contribution in [0.2, 0.25) is 5.02 Å². The molecule has 2 aromatic carbocycles. The number of hydrogen-bond acceptors (Lipinski definition) is 11. The van der Waals surface area contributed by atoms with Gasteiger partial charge in [0.05, 0.1) is 40.3 Å².